The molecule has 3 nitrogen and oxygen atoms in total. The molecule has 1 aliphatic heterocycles. The molecule has 1 heterocycles. The van der Waals surface area contributed by atoms with Gasteiger partial charge in [0.1, 0.15) is 0 Å². The molecule has 0 saturated carbocycles. The van der Waals surface area contributed by atoms with Crippen LogP contribution in [0.2, 0.25) is 0 Å². The Morgan fingerprint density at radius 3 is 2.87 bits per heavy atom. The van der Waals surface area contributed by atoms with Gasteiger partial charge in [-0.3, -0.25) is 4.90 Å². The summed E-state index contributed by atoms with van der Waals surface area (Å²) in [7, 11) is 1.74. The Labute approximate surface area is 93.0 Å². The van der Waals surface area contributed by atoms with E-state index in [0.717, 1.165) is 39.0 Å². The van der Waals surface area contributed by atoms with Gasteiger partial charge in [0.2, 0.25) is 0 Å². The van der Waals surface area contributed by atoms with Crippen molar-refractivity contribution < 1.29 is 4.74 Å². The standard InChI is InChI=1S/C12H22N2O/c1-12(2)6-5-11(9-13)10-14(12)7-4-8-15-3/h11H,4-8,10H2,1-3H3. The Balaban J connectivity index is 2.46. The van der Waals surface area contributed by atoms with Crippen molar-refractivity contribution in [3.63, 3.8) is 0 Å². The monoisotopic (exact) mass is 210 g/mol. The van der Waals surface area contributed by atoms with E-state index >= 15 is 0 Å². The molecule has 0 N–H and O–H groups in total. The summed E-state index contributed by atoms with van der Waals surface area (Å²) in [5, 5.41) is 8.95. The zero-order valence-electron chi connectivity index (χ0n) is 10.1. The number of hydrogen-bond donors (Lipinski definition) is 0. The number of nitriles is 1. The van der Waals surface area contributed by atoms with Gasteiger partial charge in [0.15, 0.2) is 0 Å². The molecule has 0 aliphatic carbocycles. The van der Waals surface area contributed by atoms with Crippen LogP contribution in [0.25, 0.3) is 0 Å². The van der Waals surface area contributed by atoms with E-state index in [1.165, 1.54) is 0 Å². The molecule has 0 spiro atoms. The van der Waals surface area contributed by atoms with E-state index in [4.69, 9.17) is 10.00 Å². The first-order valence-corrected chi connectivity index (χ1v) is 5.74. The molecule has 1 fully saturated rings. The number of methoxy groups -OCH3 is 1. The highest BCUT2D eigenvalue weighted by atomic mass is 16.5. The van der Waals surface area contributed by atoms with Gasteiger partial charge in [0.25, 0.3) is 0 Å². The fraction of sp³-hybridized carbons (Fsp3) is 0.917. The van der Waals surface area contributed by atoms with Gasteiger partial charge in [-0.25, -0.2) is 0 Å². The number of rotatable bonds is 4. The normalized spacial score (nSPS) is 26.1. The number of nitrogens with zero attached hydrogens (tertiary/aromatic N) is 2. The molecular formula is C12H22N2O. The zero-order chi connectivity index (χ0) is 11.3. The van der Waals surface area contributed by atoms with Crippen LogP contribution >= 0.6 is 0 Å². The van der Waals surface area contributed by atoms with Crippen LogP contribution in [0.4, 0.5) is 0 Å². The molecule has 1 unspecified atom stereocenters. The number of ether oxygens (including phenoxy) is 1. The average molecular weight is 210 g/mol. The summed E-state index contributed by atoms with van der Waals surface area (Å²) in [6.07, 6.45) is 3.22. The van der Waals surface area contributed by atoms with Gasteiger partial charge in [-0.05, 0) is 33.1 Å². The van der Waals surface area contributed by atoms with Crippen molar-refractivity contribution in [1.82, 2.24) is 4.90 Å². The average Bonchev–Trinajstić information content (AvgIpc) is 2.21. The first-order valence-electron chi connectivity index (χ1n) is 5.74. The lowest BCUT2D eigenvalue weighted by Gasteiger charge is -2.44. The zero-order valence-corrected chi connectivity index (χ0v) is 10.1. The van der Waals surface area contributed by atoms with Crippen LogP contribution in [0.5, 0.6) is 0 Å². The highest BCUT2D eigenvalue weighted by Gasteiger charge is 2.33. The van der Waals surface area contributed by atoms with Gasteiger partial charge in [-0.1, -0.05) is 0 Å². The van der Waals surface area contributed by atoms with Crippen molar-refractivity contribution in [2.75, 3.05) is 26.8 Å². The molecule has 1 atom stereocenters. The lowest BCUT2D eigenvalue weighted by atomic mass is 9.85. The Bertz CT molecular complexity index is 232. The highest BCUT2D eigenvalue weighted by molar-refractivity contribution is 4.96. The summed E-state index contributed by atoms with van der Waals surface area (Å²) in [6, 6.07) is 2.39. The van der Waals surface area contributed by atoms with Crippen molar-refractivity contribution in [2.45, 2.75) is 38.6 Å². The van der Waals surface area contributed by atoms with E-state index in [1.54, 1.807) is 7.11 Å². The molecule has 0 bridgehead atoms. The van der Waals surface area contributed by atoms with Crippen molar-refractivity contribution in [1.29, 1.82) is 5.26 Å². The second-order valence-electron chi connectivity index (χ2n) is 4.97. The number of likely N-dealkylation sites (tertiary alicyclic amines) is 1. The Morgan fingerprint density at radius 2 is 2.27 bits per heavy atom. The Hall–Kier alpha value is -0.590. The molecule has 0 radical (unpaired) electrons. The Kier molecular flexibility index (Phi) is 4.56. The minimum atomic E-state index is 0.223. The van der Waals surface area contributed by atoms with Crippen molar-refractivity contribution in [3.8, 4) is 6.07 Å². The SMILES string of the molecule is COCCCN1CC(C#N)CCC1(C)C. The molecule has 86 valence electrons. The number of piperidine rings is 1. The quantitative estimate of drug-likeness (QED) is 0.666. The summed E-state index contributed by atoms with van der Waals surface area (Å²) in [4.78, 5) is 2.43. The molecule has 3 heteroatoms. The van der Waals surface area contributed by atoms with Gasteiger partial charge < -0.3 is 4.74 Å². The van der Waals surface area contributed by atoms with Gasteiger partial charge in [0.05, 0.1) is 12.0 Å². The van der Waals surface area contributed by atoms with Crippen LogP contribution in [0.3, 0.4) is 0 Å². The van der Waals surface area contributed by atoms with E-state index in [9.17, 15) is 0 Å². The second kappa shape index (κ2) is 5.48. The van der Waals surface area contributed by atoms with Gasteiger partial charge in [-0.2, -0.15) is 5.26 Å². The topological polar surface area (TPSA) is 36.3 Å². The molecule has 1 aliphatic rings. The summed E-state index contributed by atoms with van der Waals surface area (Å²) >= 11 is 0. The fourth-order valence-electron chi connectivity index (χ4n) is 2.19. The minimum absolute atomic E-state index is 0.223. The van der Waals surface area contributed by atoms with E-state index < -0.39 is 0 Å². The van der Waals surface area contributed by atoms with E-state index in [1.807, 2.05) is 0 Å². The van der Waals surface area contributed by atoms with Gasteiger partial charge >= 0.3 is 0 Å². The fourth-order valence-corrected chi connectivity index (χ4v) is 2.19. The first kappa shape index (κ1) is 12.5. The predicted octanol–water partition coefficient (Wildman–Crippen LogP) is 2.04. The van der Waals surface area contributed by atoms with Crippen LogP contribution in [0.15, 0.2) is 0 Å². The lowest BCUT2D eigenvalue weighted by molar-refractivity contribution is 0.0502. The van der Waals surface area contributed by atoms with Gasteiger partial charge in [-0.15, -0.1) is 0 Å². The molecule has 1 rings (SSSR count). The van der Waals surface area contributed by atoms with Crippen LogP contribution in [0.1, 0.15) is 33.1 Å². The third-order valence-electron chi connectivity index (χ3n) is 3.36. The smallest absolute Gasteiger partial charge is 0.0669 e. The van der Waals surface area contributed by atoms with Crippen LogP contribution < -0.4 is 0 Å². The molecule has 0 aromatic rings. The molecule has 15 heavy (non-hydrogen) atoms. The molecular weight excluding hydrogens is 188 g/mol. The summed E-state index contributed by atoms with van der Waals surface area (Å²) in [6.45, 7) is 7.32. The number of hydrogen-bond acceptors (Lipinski definition) is 3. The molecule has 0 amide bonds. The van der Waals surface area contributed by atoms with E-state index in [-0.39, 0.29) is 11.5 Å². The third kappa shape index (κ3) is 3.48. The summed E-state index contributed by atoms with van der Waals surface area (Å²) in [5.74, 6) is 0.223. The lowest BCUT2D eigenvalue weighted by Crippen LogP contribution is -2.50. The maximum absolute atomic E-state index is 8.95. The minimum Gasteiger partial charge on any atom is -0.385 e. The largest absolute Gasteiger partial charge is 0.385 e. The first-order chi connectivity index (χ1) is 7.10. The predicted molar refractivity (Wildman–Crippen MR) is 60.5 cm³/mol. The third-order valence-corrected chi connectivity index (χ3v) is 3.36. The van der Waals surface area contributed by atoms with Crippen LogP contribution in [0, 0.1) is 17.2 Å². The molecule has 0 aromatic carbocycles. The van der Waals surface area contributed by atoms with Gasteiger partial charge in [0, 0.05) is 32.3 Å². The maximum atomic E-state index is 8.95. The van der Waals surface area contributed by atoms with Crippen molar-refractivity contribution in [3.05, 3.63) is 0 Å². The summed E-state index contributed by atoms with van der Waals surface area (Å²) < 4.78 is 5.06. The summed E-state index contributed by atoms with van der Waals surface area (Å²) in [5.41, 5.74) is 0.251. The molecule has 0 aromatic heterocycles. The van der Waals surface area contributed by atoms with Crippen molar-refractivity contribution >= 4 is 0 Å². The van der Waals surface area contributed by atoms with Crippen LogP contribution in [-0.2, 0) is 4.74 Å². The van der Waals surface area contributed by atoms with E-state index in [0.29, 0.717) is 0 Å². The molecule has 1 saturated heterocycles. The van der Waals surface area contributed by atoms with Crippen LogP contribution in [-0.4, -0.2) is 37.2 Å². The van der Waals surface area contributed by atoms with Crippen molar-refractivity contribution in [2.24, 2.45) is 5.92 Å². The Morgan fingerprint density at radius 1 is 1.53 bits per heavy atom. The second-order valence-corrected chi connectivity index (χ2v) is 4.97. The van der Waals surface area contributed by atoms with E-state index in [2.05, 4.69) is 24.8 Å². The highest BCUT2D eigenvalue weighted by Crippen LogP contribution is 2.30. The maximum Gasteiger partial charge on any atom is 0.0669 e.